The van der Waals surface area contributed by atoms with Crippen molar-refractivity contribution in [3.8, 4) is 11.3 Å². The largest absolute Gasteiger partial charge is 0.461 e. The molecule has 0 aliphatic rings. The predicted molar refractivity (Wildman–Crippen MR) is 90.0 cm³/mol. The van der Waals surface area contributed by atoms with Gasteiger partial charge in [-0.1, -0.05) is 41.4 Å². The molecule has 116 valence electrons. The highest BCUT2D eigenvalue weighted by molar-refractivity contribution is 9.10. The number of hydrogen-bond donors (Lipinski definition) is 2. The third-order valence-electron chi connectivity index (χ3n) is 2.75. The van der Waals surface area contributed by atoms with Crippen molar-refractivity contribution in [1.82, 2.24) is 10.2 Å². The van der Waals surface area contributed by atoms with E-state index in [0.717, 1.165) is 11.3 Å². The van der Waals surface area contributed by atoms with Crippen molar-refractivity contribution in [2.24, 2.45) is 5.10 Å². The molecule has 6 nitrogen and oxygen atoms in total. The number of halogens is 2. The number of nitrogens with one attached hydrogen (secondary N) is 2. The molecule has 0 aliphatic heterocycles. The fourth-order valence-electron chi connectivity index (χ4n) is 1.65. The standard InChI is InChI=1S/C14H14BrClN4O2/c1-3-22-14(21)12(16)18-20-13-10(15)11(17-19-13)9-6-4-8(2)5-7-9/h4-7H,3H2,1-2H3,(H2,17,19,20)/b18-12-. The van der Waals surface area contributed by atoms with Gasteiger partial charge < -0.3 is 4.74 Å². The van der Waals surface area contributed by atoms with Crippen LogP contribution < -0.4 is 5.43 Å². The van der Waals surface area contributed by atoms with Crippen LogP contribution in [-0.2, 0) is 9.53 Å². The SMILES string of the molecule is CCOC(=O)/C(Cl)=N/Nc1n[nH]c(-c2ccc(C)cc2)c1Br. The van der Waals surface area contributed by atoms with Gasteiger partial charge >= 0.3 is 5.97 Å². The molecule has 0 atom stereocenters. The van der Waals surface area contributed by atoms with Crippen LogP contribution in [0.4, 0.5) is 5.82 Å². The molecule has 0 saturated carbocycles. The highest BCUT2D eigenvalue weighted by Gasteiger charge is 2.14. The molecule has 2 N–H and O–H groups in total. The van der Waals surface area contributed by atoms with E-state index in [2.05, 4.69) is 36.7 Å². The zero-order chi connectivity index (χ0) is 16.1. The zero-order valence-corrected chi connectivity index (χ0v) is 14.3. The summed E-state index contributed by atoms with van der Waals surface area (Å²) in [7, 11) is 0. The molecule has 1 aromatic carbocycles. The van der Waals surface area contributed by atoms with Gasteiger partial charge in [0.2, 0.25) is 5.17 Å². The Balaban J connectivity index is 2.16. The van der Waals surface area contributed by atoms with Crippen LogP contribution in [0.2, 0.25) is 0 Å². The summed E-state index contributed by atoms with van der Waals surface area (Å²) >= 11 is 9.15. The Morgan fingerprint density at radius 2 is 2.14 bits per heavy atom. The Hall–Kier alpha value is -1.86. The molecule has 2 aromatic rings. The molecule has 0 bridgehead atoms. The van der Waals surface area contributed by atoms with Crippen molar-refractivity contribution in [3.05, 3.63) is 34.3 Å². The van der Waals surface area contributed by atoms with Gasteiger partial charge in [-0.3, -0.25) is 10.5 Å². The van der Waals surface area contributed by atoms with Crippen molar-refractivity contribution in [3.63, 3.8) is 0 Å². The van der Waals surface area contributed by atoms with E-state index in [-0.39, 0.29) is 11.8 Å². The van der Waals surface area contributed by atoms with Crippen molar-refractivity contribution in [2.45, 2.75) is 13.8 Å². The fraction of sp³-hybridized carbons (Fsp3) is 0.214. The molecule has 0 unspecified atom stereocenters. The lowest BCUT2D eigenvalue weighted by molar-refractivity contribution is -0.134. The first-order valence-electron chi connectivity index (χ1n) is 6.50. The number of rotatable bonds is 5. The van der Waals surface area contributed by atoms with Crippen LogP contribution in [0, 0.1) is 6.92 Å². The second kappa shape index (κ2) is 7.42. The molecule has 0 spiro atoms. The lowest BCUT2D eigenvalue weighted by Gasteiger charge is -2.01. The summed E-state index contributed by atoms with van der Waals surface area (Å²) in [4.78, 5) is 11.3. The van der Waals surface area contributed by atoms with Crippen molar-refractivity contribution >= 4 is 44.5 Å². The lowest BCUT2D eigenvalue weighted by atomic mass is 10.1. The van der Waals surface area contributed by atoms with Crippen LogP contribution in [0.3, 0.4) is 0 Å². The third kappa shape index (κ3) is 3.86. The summed E-state index contributed by atoms with van der Waals surface area (Å²) in [5.74, 6) is -0.278. The number of aromatic nitrogens is 2. The summed E-state index contributed by atoms with van der Waals surface area (Å²) in [5.41, 5.74) is 5.56. The third-order valence-corrected chi connectivity index (χ3v) is 3.76. The first-order valence-corrected chi connectivity index (χ1v) is 7.67. The van der Waals surface area contributed by atoms with Crippen LogP contribution in [0.5, 0.6) is 0 Å². The van der Waals surface area contributed by atoms with Gasteiger partial charge in [0.1, 0.15) is 0 Å². The molecule has 0 radical (unpaired) electrons. The molecule has 1 heterocycles. The minimum Gasteiger partial charge on any atom is -0.461 e. The van der Waals surface area contributed by atoms with E-state index < -0.39 is 5.97 Å². The van der Waals surface area contributed by atoms with Gasteiger partial charge in [-0.25, -0.2) is 4.79 Å². The molecule has 8 heteroatoms. The van der Waals surface area contributed by atoms with E-state index in [4.69, 9.17) is 16.3 Å². The highest BCUT2D eigenvalue weighted by atomic mass is 79.9. The molecule has 22 heavy (non-hydrogen) atoms. The quantitative estimate of drug-likeness (QED) is 0.467. The van der Waals surface area contributed by atoms with E-state index in [1.165, 1.54) is 5.56 Å². The minimum atomic E-state index is -0.693. The van der Waals surface area contributed by atoms with Gasteiger partial charge in [0, 0.05) is 5.56 Å². The van der Waals surface area contributed by atoms with Gasteiger partial charge in [0.25, 0.3) is 0 Å². The number of esters is 1. The molecule has 0 aliphatic carbocycles. The monoisotopic (exact) mass is 384 g/mol. The summed E-state index contributed by atoms with van der Waals surface area (Å²) < 4.78 is 5.41. The lowest BCUT2D eigenvalue weighted by Crippen LogP contribution is -2.13. The fourth-order valence-corrected chi connectivity index (χ4v) is 2.24. The Morgan fingerprint density at radius 1 is 1.45 bits per heavy atom. The number of H-pyrrole nitrogens is 1. The maximum Gasteiger partial charge on any atom is 0.370 e. The first kappa shape index (κ1) is 16.5. The van der Waals surface area contributed by atoms with Gasteiger partial charge in [-0.15, -0.1) is 0 Å². The van der Waals surface area contributed by atoms with Gasteiger partial charge in [-0.2, -0.15) is 10.2 Å². The van der Waals surface area contributed by atoms with E-state index in [9.17, 15) is 4.79 Å². The number of ether oxygens (including phenoxy) is 1. The molecular weight excluding hydrogens is 372 g/mol. The maximum atomic E-state index is 11.3. The predicted octanol–water partition coefficient (Wildman–Crippen LogP) is 3.67. The van der Waals surface area contributed by atoms with Crippen molar-refractivity contribution in [2.75, 3.05) is 12.0 Å². The normalized spacial score (nSPS) is 11.4. The second-order valence-electron chi connectivity index (χ2n) is 4.36. The van der Waals surface area contributed by atoms with Gasteiger partial charge in [-0.05, 0) is 29.8 Å². The number of aryl methyl sites for hydroxylation is 1. The van der Waals surface area contributed by atoms with Gasteiger partial charge in [0.05, 0.1) is 16.8 Å². The Kier molecular flexibility index (Phi) is 5.57. The highest BCUT2D eigenvalue weighted by Crippen LogP contribution is 2.31. The average molecular weight is 386 g/mol. The zero-order valence-electron chi connectivity index (χ0n) is 12.0. The van der Waals surface area contributed by atoms with Crippen LogP contribution in [0.15, 0.2) is 33.8 Å². The number of hydrazone groups is 1. The first-order chi connectivity index (χ1) is 10.5. The Labute approximate surface area is 141 Å². The molecule has 0 saturated heterocycles. The molecule has 1 aromatic heterocycles. The van der Waals surface area contributed by atoms with Crippen LogP contribution in [-0.4, -0.2) is 27.9 Å². The van der Waals surface area contributed by atoms with E-state index in [1.54, 1.807) is 6.92 Å². The number of carbonyl (C=O) groups is 1. The topological polar surface area (TPSA) is 79.4 Å². The average Bonchev–Trinajstić information content (AvgIpc) is 2.87. The number of anilines is 1. The number of hydrogen-bond acceptors (Lipinski definition) is 5. The minimum absolute atomic E-state index is 0.230. The molecular formula is C14H14BrClN4O2. The van der Waals surface area contributed by atoms with Crippen molar-refractivity contribution in [1.29, 1.82) is 0 Å². The second-order valence-corrected chi connectivity index (χ2v) is 5.51. The Morgan fingerprint density at radius 3 is 2.77 bits per heavy atom. The summed E-state index contributed by atoms with van der Waals surface area (Å²) in [5, 5.41) is 10.4. The maximum absolute atomic E-state index is 11.3. The Bertz CT molecular complexity index is 697. The molecule has 0 amide bonds. The number of carbonyl (C=O) groups excluding carboxylic acids is 1. The number of benzene rings is 1. The smallest absolute Gasteiger partial charge is 0.370 e. The van der Waals surface area contributed by atoms with E-state index in [1.807, 2.05) is 31.2 Å². The number of aromatic amines is 1. The summed E-state index contributed by atoms with van der Waals surface area (Å²) in [6.07, 6.45) is 0. The summed E-state index contributed by atoms with van der Waals surface area (Å²) in [6, 6.07) is 7.97. The molecule has 0 fully saturated rings. The van der Waals surface area contributed by atoms with E-state index in [0.29, 0.717) is 10.3 Å². The van der Waals surface area contributed by atoms with Crippen molar-refractivity contribution < 1.29 is 9.53 Å². The summed E-state index contributed by atoms with van der Waals surface area (Å²) in [6.45, 7) is 3.94. The molecule has 2 rings (SSSR count). The van der Waals surface area contributed by atoms with Crippen LogP contribution in [0.1, 0.15) is 12.5 Å². The van der Waals surface area contributed by atoms with E-state index >= 15 is 0 Å². The number of nitrogens with zero attached hydrogens (tertiary/aromatic N) is 2. The van der Waals surface area contributed by atoms with Crippen LogP contribution in [0.25, 0.3) is 11.3 Å². The van der Waals surface area contributed by atoms with Crippen LogP contribution >= 0.6 is 27.5 Å². The van der Waals surface area contributed by atoms with Gasteiger partial charge in [0.15, 0.2) is 5.82 Å².